The summed E-state index contributed by atoms with van der Waals surface area (Å²) in [7, 11) is 3.22. The highest BCUT2D eigenvalue weighted by Gasteiger charge is 2.21. The van der Waals surface area contributed by atoms with E-state index < -0.39 is 0 Å². The van der Waals surface area contributed by atoms with E-state index in [1.54, 1.807) is 14.2 Å². The molecule has 0 unspecified atom stereocenters. The van der Waals surface area contributed by atoms with Gasteiger partial charge in [-0.2, -0.15) is 4.98 Å². The lowest BCUT2D eigenvalue weighted by Gasteiger charge is -2.32. The van der Waals surface area contributed by atoms with Gasteiger partial charge in [0.15, 0.2) is 11.5 Å². The summed E-state index contributed by atoms with van der Waals surface area (Å²) in [5.41, 5.74) is 0.838. The van der Waals surface area contributed by atoms with Gasteiger partial charge in [0.2, 0.25) is 5.82 Å². The quantitative estimate of drug-likeness (QED) is 0.834. The predicted octanol–water partition coefficient (Wildman–Crippen LogP) is 1.90. The van der Waals surface area contributed by atoms with Crippen LogP contribution in [0.4, 0.5) is 6.01 Å². The topological polar surface area (TPSA) is 63.9 Å². The molecule has 2 heterocycles. The minimum atomic E-state index is 0.555. The Labute approximate surface area is 135 Å². The van der Waals surface area contributed by atoms with Gasteiger partial charge < -0.3 is 23.8 Å². The third kappa shape index (κ3) is 3.24. The molecule has 0 radical (unpaired) electrons. The summed E-state index contributed by atoms with van der Waals surface area (Å²) in [5, 5.41) is 4.09. The van der Waals surface area contributed by atoms with Gasteiger partial charge >= 0.3 is 6.01 Å². The lowest BCUT2D eigenvalue weighted by atomic mass is 10.2. The highest BCUT2D eigenvalue weighted by atomic mass is 16.5. The number of ether oxygens (including phenoxy) is 2. The standard InChI is InChI=1S/C16H22N4O3/c1-4-19-7-9-20(10-8-19)16-17-15(18-23-16)12-5-6-13(21-2)14(11-12)22-3/h5-6,11H,4,7-10H2,1-3H3. The zero-order chi connectivity index (χ0) is 16.2. The lowest BCUT2D eigenvalue weighted by Crippen LogP contribution is -2.46. The van der Waals surface area contributed by atoms with Crippen LogP contribution in [0, 0.1) is 0 Å². The molecule has 1 aromatic heterocycles. The van der Waals surface area contributed by atoms with Gasteiger partial charge in [0.05, 0.1) is 14.2 Å². The fourth-order valence-electron chi connectivity index (χ4n) is 2.69. The Morgan fingerprint density at radius 3 is 2.48 bits per heavy atom. The van der Waals surface area contributed by atoms with Gasteiger partial charge in [-0.1, -0.05) is 12.1 Å². The van der Waals surface area contributed by atoms with Gasteiger partial charge in [-0.25, -0.2) is 0 Å². The van der Waals surface area contributed by atoms with E-state index in [0.29, 0.717) is 23.3 Å². The van der Waals surface area contributed by atoms with Crippen molar-refractivity contribution in [2.45, 2.75) is 6.92 Å². The smallest absolute Gasteiger partial charge is 0.324 e. The van der Waals surface area contributed by atoms with Gasteiger partial charge in [0, 0.05) is 31.7 Å². The molecular formula is C16H22N4O3. The van der Waals surface area contributed by atoms with Crippen molar-refractivity contribution in [1.29, 1.82) is 0 Å². The van der Waals surface area contributed by atoms with E-state index in [4.69, 9.17) is 14.0 Å². The van der Waals surface area contributed by atoms with Crippen LogP contribution < -0.4 is 14.4 Å². The number of aromatic nitrogens is 2. The molecule has 1 aliphatic heterocycles. The fraction of sp³-hybridized carbons (Fsp3) is 0.500. The van der Waals surface area contributed by atoms with E-state index in [1.165, 1.54) is 0 Å². The van der Waals surface area contributed by atoms with E-state index >= 15 is 0 Å². The Morgan fingerprint density at radius 2 is 1.83 bits per heavy atom. The van der Waals surface area contributed by atoms with Crippen molar-refractivity contribution in [3.05, 3.63) is 18.2 Å². The van der Waals surface area contributed by atoms with Crippen LogP contribution in [-0.2, 0) is 0 Å². The number of hydrogen-bond donors (Lipinski definition) is 0. The third-order valence-electron chi connectivity index (χ3n) is 4.15. The molecule has 0 amide bonds. The van der Waals surface area contributed by atoms with Gasteiger partial charge in [0.1, 0.15) is 0 Å². The van der Waals surface area contributed by atoms with Crippen LogP contribution >= 0.6 is 0 Å². The Morgan fingerprint density at radius 1 is 1.09 bits per heavy atom. The average Bonchev–Trinajstić information content (AvgIpc) is 3.11. The first kappa shape index (κ1) is 15.6. The molecule has 1 aromatic carbocycles. The largest absolute Gasteiger partial charge is 0.493 e. The Bertz CT molecular complexity index is 651. The molecule has 124 valence electrons. The number of hydrogen-bond acceptors (Lipinski definition) is 7. The molecule has 1 saturated heterocycles. The molecule has 0 bridgehead atoms. The Kier molecular flexibility index (Phi) is 4.66. The summed E-state index contributed by atoms with van der Waals surface area (Å²) < 4.78 is 16.0. The van der Waals surface area contributed by atoms with Crippen LogP contribution in [0.2, 0.25) is 0 Å². The van der Waals surface area contributed by atoms with Gasteiger partial charge in [-0.15, -0.1) is 0 Å². The molecule has 7 nitrogen and oxygen atoms in total. The zero-order valence-corrected chi connectivity index (χ0v) is 13.8. The maximum atomic E-state index is 5.43. The molecule has 0 atom stereocenters. The Balaban J connectivity index is 1.77. The van der Waals surface area contributed by atoms with E-state index in [9.17, 15) is 0 Å². The first-order valence-corrected chi connectivity index (χ1v) is 7.78. The SMILES string of the molecule is CCN1CCN(c2nc(-c3ccc(OC)c(OC)c3)no2)CC1. The van der Waals surface area contributed by atoms with Crippen molar-refractivity contribution in [2.75, 3.05) is 51.8 Å². The minimum Gasteiger partial charge on any atom is -0.493 e. The minimum absolute atomic E-state index is 0.555. The highest BCUT2D eigenvalue weighted by Crippen LogP contribution is 2.31. The van der Waals surface area contributed by atoms with Gasteiger partial charge in [0.25, 0.3) is 0 Å². The average molecular weight is 318 g/mol. The predicted molar refractivity (Wildman–Crippen MR) is 87.2 cm³/mol. The second kappa shape index (κ2) is 6.87. The van der Waals surface area contributed by atoms with Crippen LogP contribution in [0.3, 0.4) is 0 Å². The van der Waals surface area contributed by atoms with Gasteiger partial charge in [-0.3, -0.25) is 0 Å². The van der Waals surface area contributed by atoms with Crippen molar-refractivity contribution in [3.63, 3.8) is 0 Å². The van der Waals surface area contributed by atoms with Crippen molar-refractivity contribution in [2.24, 2.45) is 0 Å². The number of nitrogens with zero attached hydrogens (tertiary/aromatic N) is 4. The van der Waals surface area contributed by atoms with E-state index in [2.05, 4.69) is 26.9 Å². The number of likely N-dealkylation sites (N-methyl/N-ethyl adjacent to an activating group) is 1. The number of benzene rings is 1. The molecule has 0 N–H and O–H groups in total. The summed E-state index contributed by atoms with van der Waals surface area (Å²) >= 11 is 0. The van der Waals surface area contributed by atoms with Crippen LogP contribution in [0.15, 0.2) is 22.7 Å². The summed E-state index contributed by atoms with van der Waals surface area (Å²) in [6.45, 7) is 7.10. The molecule has 0 aliphatic carbocycles. The fourth-order valence-corrected chi connectivity index (χ4v) is 2.69. The van der Waals surface area contributed by atoms with Crippen molar-refractivity contribution >= 4 is 6.01 Å². The second-order valence-electron chi connectivity index (χ2n) is 5.39. The highest BCUT2D eigenvalue weighted by molar-refractivity contribution is 5.61. The first-order chi connectivity index (χ1) is 11.2. The Hall–Kier alpha value is -2.28. The van der Waals surface area contributed by atoms with Crippen LogP contribution in [0.25, 0.3) is 11.4 Å². The number of rotatable bonds is 5. The summed E-state index contributed by atoms with van der Waals surface area (Å²) in [5.74, 6) is 1.88. The van der Waals surface area contributed by atoms with E-state index in [-0.39, 0.29) is 0 Å². The van der Waals surface area contributed by atoms with Crippen molar-refractivity contribution < 1.29 is 14.0 Å². The lowest BCUT2D eigenvalue weighted by molar-refractivity contribution is 0.262. The molecule has 1 fully saturated rings. The molecule has 7 heteroatoms. The molecule has 3 rings (SSSR count). The molecule has 2 aromatic rings. The van der Waals surface area contributed by atoms with Crippen LogP contribution in [0.5, 0.6) is 11.5 Å². The number of anilines is 1. The second-order valence-corrected chi connectivity index (χ2v) is 5.39. The zero-order valence-electron chi connectivity index (χ0n) is 13.8. The van der Waals surface area contributed by atoms with E-state index in [0.717, 1.165) is 38.3 Å². The molecule has 1 aliphatic rings. The monoisotopic (exact) mass is 318 g/mol. The maximum absolute atomic E-state index is 5.43. The molecule has 0 saturated carbocycles. The van der Waals surface area contributed by atoms with Gasteiger partial charge in [-0.05, 0) is 24.7 Å². The molecule has 0 spiro atoms. The third-order valence-corrected chi connectivity index (χ3v) is 4.15. The first-order valence-electron chi connectivity index (χ1n) is 7.78. The molecule has 23 heavy (non-hydrogen) atoms. The normalized spacial score (nSPS) is 15.7. The summed E-state index contributed by atoms with van der Waals surface area (Å²) in [6.07, 6.45) is 0. The number of methoxy groups -OCH3 is 2. The van der Waals surface area contributed by atoms with E-state index in [1.807, 2.05) is 18.2 Å². The summed E-state index contributed by atoms with van der Waals surface area (Å²) in [6, 6.07) is 6.16. The summed E-state index contributed by atoms with van der Waals surface area (Å²) in [4.78, 5) is 9.05. The van der Waals surface area contributed by atoms with Crippen molar-refractivity contribution in [3.8, 4) is 22.9 Å². The van der Waals surface area contributed by atoms with Crippen LogP contribution in [0.1, 0.15) is 6.92 Å². The number of piperazine rings is 1. The maximum Gasteiger partial charge on any atom is 0.324 e. The van der Waals surface area contributed by atoms with Crippen molar-refractivity contribution in [1.82, 2.24) is 15.0 Å². The van der Waals surface area contributed by atoms with Crippen LogP contribution in [-0.4, -0.2) is 62.0 Å². The molecular weight excluding hydrogens is 296 g/mol.